The summed E-state index contributed by atoms with van der Waals surface area (Å²) in [6.07, 6.45) is 3.14. The molecule has 0 fully saturated rings. The van der Waals surface area contributed by atoms with Gasteiger partial charge in [0.15, 0.2) is 5.76 Å². The highest BCUT2D eigenvalue weighted by Crippen LogP contribution is 2.31. The van der Waals surface area contributed by atoms with Gasteiger partial charge < -0.3 is 26.0 Å². The zero-order valence-corrected chi connectivity index (χ0v) is 11.5. The molecule has 0 aliphatic rings. The maximum atomic E-state index is 11.0. The van der Waals surface area contributed by atoms with E-state index in [-0.39, 0.29) is 12.2 Å². The van der Waals surface area contributed by atoms with E-state index < -0.39 is 5.97 Å². The Morgan fingerprint density at radius 3 is 2.82 bits per heavy atom. The first-order valence-electron chi connectivity index (χ1n) is 6.55. The molecule has 0 spiro atoms. The summed E-state index contributed by atoms with van der Waals surface area (Å²) < 4.78 is 5.33. The molecule has 112 valence electrons. The molecular formula is C15H14N4O3. The standard InChI is InChI=1S/C15H14N4O3/c16-6-10-9(8-4-12(15(20)21)18-7-8)5-11(19-14(10)17)13-2-1-3-22-13/h1-5,7,18H,6,16H2,(H2,17,19)(H,20,21). The summed E-state index contributed by atoms with van der Waals surface area (Å²) in [5.74, 6) is -0.163. The molecule has 7 heteroatoms. The van der Waals surface area contributed by atoms with Crippen LogP contribution in [0, 0.1) is 0 Å². The third-order valence-electron chi connectivity index (χ3n) is 3.36. The molecule has 0 bridgehead atoms. The van der Waals surface area contributed by atoms with Crippen LogP contribution in [0.25, 0.3) is 22.6 Å². The lowest BCUT2D eigenvalue weighted by Gasteiger charge is -2.11. The third kappa shape index (κ3) is 2.33. The van der Waals surface area contributed by atoms with E-state index in [1.807, 2.05) is 0 Å². The fraction of sp³-hybridized carbons (Fsp3) is 0.0667. The highest BCUT2D eigenvalue weighted by atomic mass is 16.4. The SMILES string of the molecule is NCc1c(-c2c[nH]c(C(=O)O)c2)cc(-c2ccco2)nc1N. The fourth-order valence-electron chi connectivity index (χ4n) is 2.29. The number of H-pyrrole nitrogens is 1. The van der Waals surface area contributed by atoms with Gasteiger partial charge in [-0.3, -0.25) is 0 Å². The second-order valence-corrected chi connectivity index (χ2v) is 4.71. The Morgan fingerprint density at radius 2 is 2.23 bits per heavy atom. The number of furan rings is 1. The van der Waals surface area contributed by atoms with Gasteiger partial charge >= 0.3 is 5.97 Å². The number of aromatic carboxylic acids is 1. The summed E-state index contributed by atoms with van der Waals surface area (Å²) in [6, 6.07) is 6.84. The Balaban J connectivity index is 2.17. The first kappa shape index (κ1) is 13.9. The number of hydrogen-bond donors (Lipinski definition) is 4. The molecule has 0 amide bonds. The first-order valence-corrected chi connectivity index (χ1v) is 6.55. The summed E-state index contributed by atoms with van der Waals surface area (Å²) in [6.45, 7) is 0.195. The molecule has 0 radical (unpaired) electrons. The highest BCUT2D eigenvalue weighted by Gasteiger charge is 2.16. The van der Waals surface area contributed by atoms with Crippen molar-refractivity contribution >= 4 is 11.8 Å². The third-order valence-corrected chi connectivity index (χ3v) is 3.36. The van der Waals surface area contributed by atoms with Crippen LogP contribution in [0.1, 0.15) is 16.1 Å². The van der Waals surface area contributed by atoms with Crippen molar-refractivity contribution in [2.45, 2.75) is 6.54 Å². The van der Waals surface area contributed by atoms with Crippen LogP contribution in [0.3, 0.4) is 0 Å². The molecule has 0 saturated carbocycles. The van der Waals surface area contributed by atoms with E-state index in [0.717, 1.165) is 5.56 Å². The number of nitrogens with two attached hydrogens (primary N) is 2. The Kier molecular flexibility index (Phi) is 3.40. The van der Waals surface area contributed by atoms with Crippen molar-refractivity contribution in [2.24, 2.45) is 5.73 Å². The van der Waals surface area contributed by atoms with Gasteiger partial charge in [0.25, 0.3) is 0 Å². The van der Waals surface area contributed by atoms with E-state index >= 15 is 0 Å². The van der Waals surface area contributed by atoms with Crippen molar-refractivity contribution in [1.82, 2.24) is 9.97 Å². The van der Waals surface area contributed by atoms with Gasteiger partial charge in [-0.25, -0.2) is 9.78 Å². The Hall–Kier alpha value is -3.06. The molecule has 22 heavy (non-hydrogen) atoms. The number of anilines is 1. The molecule has 0 unspecified atom stereocenters. The number of aromatic amines is 1. The number of hydrogen-bond acceptors (Lipinski definition) is 5. The minimum absolute atomic E-state index is 0.0907. The van der Waals surface area contributed by atoms with Crippen LogP contribution in [-0.2, 0) is 6.54 Å². The Morgan fingerprint density at radius 1 is 1.41 bits per heavy atom. The summed E-state index contributed by atoms with van der Waals surface area (Å²) in [5, 5.41) is 9.02. The summed E-state index contributed by atoms with van der Waals surface area (Å²) in [7, 11) is 0. The zero-order chi connectivity index (χ0) is 15.7. The number of carboxylic acid groups (broad SMARTS) is 1. The normalized spacial score (nSPS) is 10.8. The molecule has 0 saturated heterocycles. The van der Waals surface area contributed by atoms with Crippen LogP contribution < -0.4 is 11.5 Å². The average molecular weight is 298 g/mol. The van der Waals surface area contributed by atoms with E-state index in [1.165, 1.54) is 6.07 Å². The van der Waals surface area contributed by atoms with Gasteiger partial charge in [-0.05, 0) is 29.8 Å². The molecule has 0 atom stereocenters. The number of pyridine rings is 1. The lowest BCUT2D eigenvalue weighted by atomic mass is 10.0. The van der Waals surface area contributed by atoms with E-state index in [1.54, 1.807) is 30.7 Å². The smallest absolute Gasteiger partial charge is 0.352 e. The number of nitrogens with zero attached hydrogens (tertiary/aromatic N) is 1. The maximum absolute atomic E-state index is 11.0. The number of carbonyl (C=O) groups is 1. The van der Waals surface area contributed by atoms with Gasteiger partial charge in [-0.15, -0.1) is 0 Å². The molecule has 3 heterocycles. The van der Waals surface area contributed by atoms with Crippen LogP contribution in [0.4, 0.5) is 5.82 Å². The van der Waals surface area contributed by atoms with Crippen molar-refractivity contribution in [3.8, 4) is 22.6 Å². The van der Waals surface area contributed by atoms with Gasteiger partial charge in [0, 0.05) is 23.9 Å². The van der Waals surface area contributed by atoms with Crippen LogP contribution in [0.2, 0.25) is 0 Å². The summed E-state index contributed by atoms with van der Waals surface area (Å²) in [5.41, 5.74) is 14.5. The van der Waals surface area contributed by atoms with Crippen LogP contribution in [0.5, 0.6) is 0 Å². The van der Waals surface area contributed by atoms with Crippen LogP contribution >= 0.6 is 0 Å². The minimum atomic E-state index is -1.03. The molecule has 0 aliphatic heterocycles. The van der Waals surface area contributed by atoms with Gasteiger partial charge in [-0.2, -0.15) is 0 Å². The van der Waals surface area contributed by atoms with Gasteiger partial charge in [-0.1, -0.05) is 0 Å². The van der Waals surface area contributed by atoms with Crippen molar-refractivity contribution in [3.05, 3.63) is 48.0 Å². The molecule has 3 aromatic heterocycles. The number of aromatic nitrogens is 2. The van der Waals surface area contributed by atoms with Gasteiger partial charge in [0.2, 0.25) is 0 Å². The fourth-order valence-corrected chi connectivity index (χ4v) is 2.29. The summed E-state index contributed by atoms with van der Waals surface area (Å²) >= 11 is 0. The van der Waals surface area contributed by atoms with Crippen molar-refractivity contribution in [3.63, 3.8) is 0 Å². The average Bonchev–Trinajstić information content (AvgIpc) is 3.18. The Labute approximate surface area is 125 Å². The molecule has 6 N–H and O–H groups in total. The predicted octanol–water partition coefficient (Wildman–Crippen LogP) is 2.08. The van der Waals surface area contributed by atoms with E-state index in [9.17, 15) is 4.79 Å². The quantitative estimate of drug-likeness (QED) is 0.583. The number of nitrogen functional groups attached to an aromatic ring is 1. The molecule has 0 aliphatic carbocycles. The molecule has 3 rings (SSSR count). The largest absolute Gasteiger partial charge is 0.477 e. The Bertz CT molecular complexity index is 821. The second-order valence-electron chi connectivity index (χ2n) is 4.71. The first-order chi connectivity index (χ1) is 10.6. The second kappa shape index (κ2) is 5.38. The number of rotatable bonds is 4. The number of carboxylic acids is 1. The van der Waals surface area contributed by atoms with Crippen molar-refractivity contribution in [2.75, 3.05) is 5.73 Å². The molecule has 0 aromatic carbocycles. The topological polar surface area (TPSA) is 131 Å². The van der Waals surface area contributed by atoms with E-state index in [0.29, 0.717) is 28.4 Å². The minimum Gasteiger partial charge on any atom is -0.477 e. The lowest BCUT2D eigenvalue weighted by Crippen LogP contribution is -2.06. The predicted molar refractivity (Wildman–Crippen MR) is 81.0 cm³/mol. The van der Waals surface area contributed by atoms with Gasteiger partial charge in [0.05, 0.1) is 6.26 Å². The van der Waals surface area contributed by atoms with Gasteiger partial charge in [0.1, 0.15) is 17.2 Å². The van der Waals surface area contributed by atoms with Crippen LogP contribution in [0.15, 0.2) is 41.1 Å². The van der Waals surface area contributed by atoms with E-state index in [4.69, 9.17) is 21.0 Å². The molecule has 7 nitrogen and oxygen atoms in total. The summed E-state index contributed by atoms with van der Waals surface area (Å²) in [4.78, 5) is 18.0. The molecular weight excluding hydrogens is 284 g/mol. The van der Waals surface area contributed by atoms with Crippen molar-refractivity contribution in [1.29, 1.82) is 0 Å². The molecule has 3 aromatic rings. The number of nitrogens with one attached hydrogen (secondary N) is 1. The zero-order valence-electron chi connectivity index (χ0n) is 11.5. The van der Waals surface area contributed by atoms with Crippen LogP contribution in [-0.4, -0.2) is 21.0 Å². The maximum Gasteiger partial charge on any atom is 0.352 e. The van der Waals surface area contributed by atoms with E-state index in [2.05, 4.69) is 9.97 Å². The monoisotopic (exact) mass is 298 g/mol. The highest BCUT2D eigenvalue weighted by molar-refractivity contribution is 5.88. The lowest BCUT2D eigenvalue weighted by molar-refractivity contribution is 0.0691. The van der Waals surface area contributed by atoms with Crippen molar-refractivity contribution < 1.29 is 14.3 Å².